The van der Waals surface area contributed by atoms with Gasteiger partial charge >= 0.3 is 12.4 Å². The van der Waals surface area contributed by atoms with Crippen LogP contribution in [0.15, 0.2) is 72.8 Å². The van der Waals surface area contributed by atoms with E-state index < -0.39 is 35.2 Å². The number of hydrogen-bond acceptors (Lipinski definition) is 12. The molecular weight excluding hydrogens is 1500 g/mol. The van der Waals surface area contributed by atoms with Crippen LogP contribution in [0.4, 0.5) is 30.7 Å². The van der Waals surface area contributed by atoms with Gasteiger partial charge in [0.1, 0.15) is 11.6 Å². The number of benzene rings is 4. The Balaban J connectivity index is 0.000000174. The molecule has 0 radical (unpaired) electrons. The molecule has 7 N–H and O–H groups in total. The molecule has 4 atom stereocenters. The summed E-state index contributed by atoms with van der Waals surface area (Å²) in [6, 6.07) is 17.8. The van der Waals surface area contributed by atoms with E-state index in [1.807, 2.05) is 74.4 Å². The molecule has 0 bridgehead atoms. The summed E-state index contributed by atoms with van der Waals surface area (Å²) in [4.78, 5) is 107. The Hall–Kier alpha value is -7.52. The number of nitrogens with one attached hydrogen (secondary N) is 7. The summed E-state index contributed by atoms with van der Waals surface area (Å²) in [5.41, 5.74) is 2.27. The molecule has 7 amide bonds. The smallest absolute Gasteiger partial charge is 0.355 e. The van der Waals surface area contributed by atoms with Crippen molar-refractivity contribution in [2.75, 3.05) is 91.6 Å². The molecule has 19 nitrogen and oxygen atoms in total. The van der Waals surface area contributed by atoms with Gasteiger partial charge in [-0.25, -0.2) is 4.39 Å². The second kappa shape index (κ2) is 37.0. The molecule has 114 heavy (non-hydrogen) atoms. The van der Waals surface area contributed by atoms with Crippen molar-refractivity contribution in [3.63, 3.8) is 0 Å². The predicted octanol–water partition coefficient (Wildman–Crippen LogP) is 13.2. The number of amides is 7. The van der Waals surface area contributed by atoms with Crippen LogP contribution in [0.5, 0.6) is 0 Å². The number of aryl methyl sites for hydroxylation is 4. The Labute approximate surface area is 673 Å². The summed E-state index contributed by atoms with van der Waals surface area (Å²) in [7, 11) is 0. The number of ketones is 1. The van der Waals surface area contributed by atoms with Crippen LogP contribution >= 0.6 is 11.6 Å². The molecule has 4 aliphatic heterocycles. The van der Waals surface area contributed by atoms with Gasteiger partial charge in [0.05, 0.1) is 42.9 Å². The molecule has 4 spiro atoms. The summed E-state index contributed by atoms with van der Waals surface area (Å²) in [6.45, 7) is 36.6. The topological polar surface area (TPSA) is 234 Å². The van der Waals surface area contributed by atoms with Gasteiger partial charge < -0.3 is 37.2 Å². The second-order valence-electron chi connectivity index (χ2n) is 36.9. The maximum absolute atomic E-state index is 14.0. The number of alkyl halides is 6. The molecule has 4 saturated heterocycles. The Morgan fingerprint density at radius 1 is 0.439 bits per heavy atom. The Morgan fingerprint density at radius 2 is 0.798 bits per heavy atom. The Kier molecular flexibility index (Phi) is 29.3. The van der Waals surface area contributed by atoms with E-state index in [9.17, 15) is 69.1 Å². The molecule has 0 aromatic heterocycles. The molecule has 8 fully saturated rings. The highest BCUT2D eigenvalue weighted by Crippen LogP contribution is 2.60. The molecule has 4 heterocycles. The van der Waals surface area contributed by atoms with Gasteiger partial charge in [-0.3, -0.25) is 58.0 Å². The molecular formula is C87H121ClF7N11O8. The number of hydrogen-bond donors (Lipinski definition) is 7. The van der Waals surface area contributed by atoms with Crippen molar-refractivity contribution in [1.29, 1.82) is 0 Å². The molecule has 628 valence electrons. The fourth-order valence-corrected chi connectivity index (χ4v) is 17.0. The van der Waals surface area contributed by atoms with Crippen molar-refractivity contribution in [3.05, 3.63) is 139 Å². The third kappa shape index (κ3) is 26.5. The fourth-order valence-electron chi connectivity index (χ4n) is 16.7. The van der Waals surface area contributed by atoms with E-state index in [2.05, 4.69) is 70.7 Å². The summed E-state index contributed by atoms with van der Waals surface area (Å²) in [5.74, 6) is -0.270. The van der Waals surface area contributed by atoms with Crippen LogP contribution < -0.4 is 37.2 Å². The standard InChI is InChI=1S/C23H31F3N2O2.C22H30F3N3O2.C21H30ClN3O2.C21H30FN3O2/c1-15-9-16(11-17(10-15)23(24,25)26)12-19(29)18-13-22(18)5-7-28(8-6-22)14-20(30)27-21(2,3)4;1-14(2)12-26-19(29)13-28-6-4-21(5-7-28)11-18(21)27-20(30)16-8-15(3)9-17(10-16)22(23,24)25;1-14(2)12-23-19(26)13-25-6-4-21(5-7-25)11-18(21)24-20(27)16-8-15(3)9-17(22)10-16;1-14-5-6-15(16(22)11-14)19(27)23-17-12-21(17)7-9-25(10-8-21)13-18(26)24-20(2,3)4/h9-11,18H,5-8,12-14H2,1-4H3,(H,27,30);8-10,14,18H,4-7,11-13H2,1-3H3,(H,26,29)(H,27,30);8-10,14,18H,4-7,11-13H2,1-3H3,(H,23,26)(H,24,27);5-6,11,17H,7-10,12-13H2,1-4H3,(H,23,27)(H,24,26). The molecule has 4 aromatic carbocycles. The quantitative estimate of drug-likeness (QED) is 0.0386. The van der Waals surface area contributed by atoms with Crippen molar-refractivity contribution in [1.82, 2.24) is 56.8 Å². The number of carbonyl (C=O) groups excluding carboxylic acids is 8. The number of rotatable bonds is 21. The van der Waals surface area contributed by atoms with E-state index >= 15 is 0 Å². The average molecular weight is 1620 g/mol. The second-order valence-corrected chi connectivity index (χ2v) is 37.4. The van der Waals surface area contributed by atoms with Crippen LogP contribution in [0, 0.1) is 72.9 Å². The van der Waals surface area contributed by atoms with Crippen LogP contribution in [0.3, 0.4) is 0 Å². The Bertz CT molecular complexity index is 4080. The highest BCUT2D eigenvalue weighted by atomic mass is 35.5. The summed E-state index contributed by atoms with van der Waals surface area (Å²) in [5, 5.41) is 21.5. The van der Waals surface area contributed by atoms with Gasteiger partial charge in [-0.15, -0.1) is 0 Å². The lowest BCUT2D eigenvalue weighted by molar-refractivity contribution is -0.138. The van der Waals surface area contributed by atoms with Crippen molar-refractivity contribution >= 4 is 58.7 Å². The van der Waals surface area contributed by atoms with Gasteiger partial charge in [0, 0.05) is 70.8 Å². The van der Waals surface area contributed by atoms with Crippen molar-refractivity contribution in [3.8, 4) is 0 Å². The van der Waals surface area contributed by atoms with Crippen molar-refractivity contribution < 1.29 is 69.1 Å². The van der Waals surface area contributed by atoms with Crippen LogP contribution in [0.2, 0.25) is 5.02 Å². The average Bonchev–Trinajstić information content (AvgIpc) is 1.59. The SMILES string of the molecule is Cc1cc(C(=O)NC2CC23CCN(CC(=O)NCC(C)C)CC3)cc(C(F)(F)F)c1.Cc1cc(CC(=O)C2CC23CCN(CC(=O)NC(C)(C)C)CC3)cc(C(F)(F)F)c1.Cc1cc(Cl)cc(C(=O)NC2CC23CCN(CC(=O)NCC(C)C)CC3)c1.Cc1ccc(C(=O)NC2CC23CCN(CC(=O)NC(C)(C)C)CC3)c(F)c1. The lowest BCUT2D eigenvalue weighted by Gasteiger charge is -2.33. The zero-order chi connectivity index (χ0) is 83.8. The van der Waals surface area contributed by atoms with E-state index in [1.165, 1.54) is 12.1 Å². The molecule has 12 rings (SSSR count). The highest BCUT2D eigenvalue weighted by Gasteiger charge is 2.60. The van der Waals surface area contributed by atoms with Crippen LogP contribution in [-0.2, 0) is 42.7 Å². The molecule has 4 aliphatic carbocycles. The minimum atomic E-state index is -4.48. The third-order valence-corrected chi connectivity index (χ3v) is 23.8. The van der Waals surface area contributed by atoms with E-state index in [4.69, 9.17) is 11.6 Å². The number of halogens is 8. The fraction of sp³-hybridized carbons (Fsp3) is 0.632. The number of Topliss-reactive ketones (excluding diaryl/α,β-unsaturated/α-hetero) is 1. The third-order valence-electron chi connectivity index (χ3n) is 23.6. The first-order valence-corrected chi connectivity index (χ1v) is 40.9. The van der Waals surface area contributed by atoms with Crippen LogP contribution in [-0.4, -0.2) is 188 Å². The van der Waals surface area contributed by atoms with Crippen molar-refractivity contribution in [2.24, 2.45) is 39.4 Å². The minimum absolute atomic E-state index is 0.00166. The van der Waals surface area contributed by atoms with Gasteiger partial charge in [-0.05, 0) is 315 Å². The van der Waals surface area contributed by atoms with E-state index in [0.717, 1.165) is 171 Å². The molecule has 4 aromatic rings. The number of likely N-dealkylation sites (tertiary alicyclic amines) is 4. The normalized spacial score (nSPS) is 21.4. The monoisotopic (exact) mass is 1620 g/mol. The molecule has 4 unspecified atom stereocenters. The largest absolute Gasteiger partial charge is 0.416 e. The molecule has 27 heteroatoms. The van der Waals surface area contributed by atoms with Crippen LogP contribution in [0.1, 0.15) is 216 Å². The predicted molar refractivity (Wildman–Crippen MR) is 428 cm³/mol. The zero-order valence-electron chi connectivity index (χ0n) is 69.1. The first-order valence-electron chi connectivity index (χ1n) is 40.5. The lowest BCUT2D eigenvalue weighted by Crippen LogP contribution is -2.48. The highest BCUT2D eigenvalue weighted by molar-refractivity contribution is 6.31. The number of nitrogens with zero attached hydrogens (tertiary/aromatic N) is 4. The first kappa shape index (κ1) is 90.4. The van der Waals surface area contributed by atoms with Gasteiger partial charge in [0.15, 0.2) is 0 Å². The van der Waals surface area contributed by atoms with Gasteiger partial charge in [-0.2, -0.15) is 26.3 Å². The number of piperidine rings is 4. The van der Waals surface area contributed by atoms with Crippen LogP contribution in [0.25, 0.3) is 0 Å². The van der Waals surface area contributed by atoms with E-state index in [1.54, 1.807) is 45.0 Å². The van der Waals surface area contributed by atoms with E-state index in [-0.39, 0.29) is 116 Å². The zero-order valence-corrected chi connectivity index (χ0v) is 69.8. The van der Waals surface area contributed by atoms with Gasteiger partial charge in [0.2, 0.25) is 23.6 Å². The first-order chi connectivity index (χ1) is 53.1. The maximum atomic E-state index is 14.0. The lowest BCUT2D eigenvalue weighted by atomic mass is 9.88. The van der Waals surface area contributed by atoms with Gasteiger partial charge in [-0.1, -0.05) is 57.0 Å². The minimum Gasteiger partial charge on any atom is -0.355 e. The Morgan fingerprint density at radius 3 is 1.18 bits per heavy atom. The maximum Gasteiger partial charge on any atom is 0.416 e. The van der Waals surface area contributed by atoms with Gasteiger partial charge in [0.25, 0.3) is 17.7 Å². The van der Waals surface area contributed by atoms with Crippen molar-refractivity contribution in [2.45, 2.75) is 222 Å². The summed E-state index contributed by atoms with van der Waals surface area (Å²) < 4.78 is 92.2. The summed E-state index contributed by atoms with van der Waals surface area (Å²) in [6.07, 6.45) is 2.22. The number of carbonyl (C=O) groups is 8. The molecule has 4 saturated carbocycles. The summed E-state index contributed by atoms with van der Waals surface area (Å²) >= 11 is 6.07. The molecule has 8 aliphatic rings. The van der Waals surface area contributed by atoms with E-state index in [0.29, 0.717) is 71.8 Å².